The third kappa shape index (κ3) is 3.47. The molecule has 0 bridgehead atoms. The molecule has 21 heavy (non-hydrogen) atoms. The van der Waals surface area contributed by atoms with Gasteiger partial charge in [-0.3, -0.25) is 0 Å². The third-order valence-electron chi connectivity index (χ3n) is 2.76. The first-order valence-corrected chi connectivity index (χ1v) is 7.81. The van der Waals surface area contributed by atoms with Gasteiger partial charge in [0.05, 0.1) is 10.6 Å². The maximum absolute atomic E-state index is 11.9. The lowest BCUT2D eigenvalue weighted by molar-refractivity contribution is 0.0690. The molecule has 0 radical (unpaired) electrons. The van der Waals surface area contributed by atoms with Crippen molar-refractivity contribution in [3.8, 4) is 5.69 Å². The van der Waals surface area contributed by atoms with Crippen molar-refractivity contribution in [1.29, 1.82) is 0 Å². The van der Waals surface area contributed by atoms with Crippen molar-refractivity contribution in [2.24, 2.45) is 0 Å². The first-order chi connectivity index (χ1) is 9.94. The zero-order chi connectivity index (χ0) is 15.5. The van der Waals surface area contributed by atoms with Crippen LogP contribution in [0.25, 0.3) is 5.69 Å². The Labute approximate surface area is 122 Å². The molecule has 0 saturated carbocycles. The number of sulfonamides is 1. The lowest BCUT2D eigenvalue weighted by atomic mass is 10.3. The van der Waals surface area contributed by atoms with Crippen molar-refractivity contribution in [2.45, 2.75) is 18.2 Å². The highest BCUT2D eigenvalue weighted by atomic mass is 32.2. The van der Waals surface area contributed by atoms with Crippen LogP contribution in [-0.2, 0) is 10.0 Å². The van der Waals surface area contributed by atoms with Gasteiger partial charge in [0, 0.05) is 12.7 Å². The van der Waals surface area contributed by atoms with E-state index in [0.29, 0.717) is 18.7 Å². The average molecular weight is 309 g/mol. The fourth-order valence-electron chi connectivity index (χ4n) is 1.68. The Kier molecular flexibility index (Phi) is 4.39. The third-order valence-corrected chi connectivity index (χ3v) is 4.24. The van der Waals surface area contributed by atoms with E-state index in [1.165, 1.54) is 29.1 Å². The first-order valence-electron chi connectivity index (χ1n) is 6.33. The van der Waals surface area contributed by atoms with Crippen LogP contribution in [0.3, 0.4) is 0 Å². The summed E-state index contributed by atoms with van der Waals surface area (Å²) >= 11 is 0. The molecule has 112 valence electrons. The normalized spacial score (nSPS) is 11.5. The second kappa shape index (κ2) is 6.06. The van der Waals surface area contributed by atoms with E-state index in [1.54, 1.807) is 12.1 Å². The quantitative estimate of drug-likeness (QED) is 0.836. The van der Waals surface area contributed by atoms with E-state index in [-0.39, 0.29) is 10.6 Å². The van der Waals surface area contributed by atoms with Crippen LogP contribution >= 0.6 is 0 Å². The number of hydrogen-bond donors (Lipinski definition) is 2. The predicted molar refractivity (Wildman–Crippen MR) is 76.0 cm³/mol. The zero-order valence-corrected chi connectivity index (χ0v) is 12.2. The Balaban J connectivity index is 2.24. The van der Waals surface area contributed by atoms with E-state index < -0.39 is 16.0 Å². The lowest BCUT2D eigenvalue weighted by Gasteiger charge is -2.06. The van der Waals surface area contributed by atoms with Gasteiger partial charge < -0.3 is 5.11 Å². The smallest absolute Gasteiger partial charge is 0.356 e. The molecule has 1 heterocycles. The fraction of sp³-hybridized carbons (Fsp3) is 0.231. The molecule has 2 rings (SSSR count). The molecule has 0 amide bonds. The summed E-state index contributed by atoms with van der Waals surface area (Å²) in [7, 11) is -3.50. The van der Waals surface area contributed by atoms with Crippen molar-refractivity contribution in [1.82, 2.24) is 14.5 Å². The molecule has 0 saturated heterocycles. The van der Waals surface area contributed by atoms with Gasteiger partial charge in [0.25, 0.3) is 0 Å². The van der Waals surface area contributed by atoms with Crippen molar-refractivity contribution in [2.75, 3.05) is 6.54 Å². The number of carboxylic acid groups (broad SMARTS) is 1. The fourth-order valence-corrected chi connectivity index (χ4v) is 2.81. The number of carboxylic acids is 1. The molecule has 0 spiro atoms. The molecule has 0 aliphatic carbocycles. The number of carbonyl (C=O) groups is 1. The van der Waals surface area contributed by atoms with Crippen LogP contribution in [0.4, 0.5) is 0 Å². The van der Waals surface area contributed by atoms with Crippen molar-refractivity contribution in [3.05, 3.63) is 42.2 Å². The zero-order valence-electron chi connectivity index (χ0n) is 11.4. The monoisotopic (exact) mass is 309 g/mol. The highest BCUT2D eigenvalue weighted by Gasteiger charge is 2.13. The van der Waals surface area contributed by atoms with Gasteiger partial charge in [-0.15, -0.1) is 0 Å². The first kappa shape index (κ1) is 15.2. The van der Waals surface area contributed by atoms with Gasteiger partial charge >= 0.3 is 5.97 Å². The van der Waals surface area contributed by atoms with Gasteiger partial charge in [0.1, 0.15) is 0 Å². The van der Waals surface area contributed by atoms with Gasteiger partial charge in [-0.1, -0.05) is 6.92 Å². The maximum Gasteiger partial charge on any atom is 0.356 e. The Bertz CT molecular complexity index is 735. The summed E-state index contributed by atoms with van der Waals surface area (Å²) in [5.74, 6) is -1.11. The Morgan fingerprint density at radius 1 is 1.29 bits per heavy atom. The molecule has 2 N–H and O–H groups in total. The van der Waals surface area contributed by atoms with Crippen LogP contribution in [0.2, 0.25) is 0 Å². The molecular weight excluding hydrogens is 294 g/mol. The minimum Gasteiger partial charge on any atom is -0.476 e. The van der Waals surface area contributed by atoms with Crippen LogP contribution in [-0.4, -0.2) is 35.8 Å². The summed E-state index contributed by atoms with van der Waals surface area (Å²) in [6.45, 7) is 2.26. The van der Waals surface area contributed by atoms with E-state index >= 15 is 0 Å². The Morgan fingerprint density at radius 2 is 1.95 bits per heavy atom. The summed E-state index contributed by atoms with van der Waals surface area (Å²) < 4.78 is 27.7. The molecular formula is C13H15N3O4S. The number of hydrogen-bond acceptors (Lipinski definition) is 4. The van der Waals surface area contributed by atoms with Gasteiger partial charge in [0.2, 0.25) is 10.0 Å². The summed E-state index contributed by atoms with van der Waals surface area (Å²) in [6.07, 6.45) is 2.21. The largest absolute Gasteiger partial charge is 0.476 e. The Hall–Kier alpha value is -2.19. The summed E-state index contributed by atoms with van der Waals surface area (Å²) in [5.41, 5.74) is 0.508. The van der Waals surface area contributed by atoms with Gasteiger partial charge in [-0.05, 0) is 36.8 Å². The maximum atomic E-state index is 11.9. The summed E-state index contributed by atoms with van der Waals surface area (Å²) in [4.78, 5) is 10.9. The van der Waals surface area contributed by atoms with E-state index in [2.05, 4.69) is 9.82 Å². The van der Waals surface area contributed by atoms with Gasteiger partial charge in [-0.25, -0.2) is 22.6 Å². The summed E-state index contributed by atoms with van der Waals surface area (Å²) in [6, 6.07) is 7.42. The van der Waals surface area contributed by atoms with E-state index in [1.807, 2.05) is 6.92 Å². The van der Waals surface area contributed by atoms with E-state index in [0.717, 1.165) is 0 Å². The molecule has 1 aromatic carbocycles. The molecule has 1 aromatic heterocycles. The number of aromatic carboxylic acids is 1. The molecule has 0 fully saturated rings. The molecule has 0 unspecified atom stereocenters. The second-order valence-electron chi connectivity index (χ2n) is 4.34. The molecule has 2 aromatic rings. The van der Waals surface area contributed by atoms with Crippen LogP contribution in [0.1, 0.15) is 23.8 Å². The van der Waals surface area contributed by atoms with Crippen LogP contribution in [0.15, 0.2) is 41.4 Å². The molecule has 0 aliphatic rings. The van der Waals surface area contributed by atoms with Crippen LogP contribution in [0.5, 0.6) is 0 Å². The standard InChI is InChI=1S/C13H15N3O4S/c1-2-8-14-21(19,20)11-5-3-10(4-6-11)16-9-7-12(15-16)13(17)18/h3-7,9,14H,2,8H2,1H3,(H,17,18). The average Bonchev–Trinajstić information content (AvgIpc) is 2.95. The molecule has 0 atom stereocenters. The van der Waals surface area contributed by atoms with Gasteiger partial charge in [0.15, 0.2) is 5.69 Å². The van der Waals surface area contributed by atoms with Gasteiger partial charge in [-0.2, -0.15) is 5.10 Å². The molecule has 8 heteroatoms. The topological polar surface area (TPSA) is 101 Å². The Morgan fingerprint density at radius 3 is 2.48 bits per heavy atom. The molecule has 0 aliphatic heterocycles. The van der Waals surface area contributed by atoms with E-state index in [4.69, 9.17) is 5.11 Å². The SMILES string of the molecule is CCCNS(=O)(=O)c1ccc(-n2ccc(C(=O)O)n2)cc1. The highest BCUT2D eigenvalue weighted by Crippen LogP contribution is 2.13. The van der Waals surface area contributed by atoms with Crippen LogP contribution in [0, 0.1) is 0 Å². The number of nitrogens with one attached hydrogen (secondary N) is 1. The van der Waals surface area contributed by atoms with Crippen LogP contribution < -0.4 is 4.72 Å². The minimum absolute atomic E-state index is 0.0729. The predicted octanol–water partition coefficient (Wildman–Crippen LogP) is 1.26. The van der Waals surface area contributed by atoms with E-state index in [9.17, 15) is 13.2 Å². The number of aromatic nitrogens is 2. The van der Waals surface area contributed by atoms with Crippen molar-refractivity contribution >= 4 is 16.0 Å². The van der Waals surface area contributed by atoms with Crippen molar-refractivity contribution in [3.63, 3.8) is 0 Å². The minimum atomic E-state index is -3.50. The highest BCUT2D eigenvalue weighted by molar-refractivity contribution is 7.89. The molecule has 7 nitrogen and oxygen atoms in total. The van der Waals surface area contributed by atoms with Crippen molar-refractivity contribution < 1.29 is 18.3 Å². The second-order valence-corrected chi connectivity index (χ2v) is 6.11. The number of nitrogens with zero attached hydrogens (tertiary/aromatic N) is 2. The number of rotatable bonds is 6. The number of benzene rings is 1. The lowest BCUT2D eigenvalue weighted by Crippen LogP contribution is -2.24. The summed E-state index contributed by atoms with van der Waals surface area (Å²) in [5, 5.41) is 12.7.